The third kappa shape index (κ3) is 3.18. The van der Waals surface area contributed by atoms with Gasteiger partial charge in [0.2, 0.25) is 5.91 Å². The van der Waals surface area contributed by atoms with Gasteiger partial charge in [0.1, 0.15) is 6.54 Å². The summed E-state index contributed by atoms with van der Waals surface area (Å²) in [5, 5.41) is 4.69. The number of nitrogens with one attached hydrogen (secondary N) is 1. The second-order valence-corrected chi connectivity index (χ2v) is 6.51. The van der Waals surface area contributed by atoms with E-state index < -0.39 is 0 Å². The summed E-state index contributed by atoms with van der Waals surface area (Å²) in [5.41, 5.74) is 2.77. The van der Waals surface area contributed by atoms with Crippen LogP contribution < -0.4 is 5.32 Å². The quantitative estimate of drug-likeness (QED) is 0.684. The van der Waals surface area contributed by atoms with Crippen LogP contribution in [0.4, 0.5) is 5.69 Å². The molecule has 1 aromatic heterocycles. The highest BCUT2D eigenvalue weighted by Crippen LogP contribution is 2.22. The van der Waals surface area contributed by atoms with Gasteiger partial charge >= 0.3 is 0 Å². The number of nitrogens with zero attached hydrogens (tertiary/aromatic N) is 1. The molecule has 0 aliphatic rings. The normalized spacial score (nSPS) is 10.9. The maximum Gasteiger partial charge on any atom is 0.244 e. The van der Waals surface area contributed by atoms with Crippen LogP contribution in [0, 0.1) is 6.92 Å². The summed E-state index contributed by atoms with van der Waals surface area (Å²) in [6.07, 6.45) is 1.92. The van der Waals surface area contributed by atoms with Crippen LogP contribution in [0.2, 0.25) is 5.02 Å². The molecule has 0 fully saturated rings. The van der Waals surface area contributed by atoms with Gasteiger partial charge in [-0.3, -0.25) is 4.79 Å². The van der Waals surface area contributed by atoms with Crippen molar-refractivity contribution < 1.29 is 4.79 Å². The molecule has 0 spiro atoms. The van der Waals surface area contributed by atoms with Crippen LogP contribution >= 0.6 is 27.5 Å². The molecule has 0 unspecified atom stereocenters. The number of hydrogen-bond acceptors (Lipinski definition) is 1. The summed E-state index contributed by atoms with van der Waals surface area (Å²) in [6.45, 7) is 2.19. The number of anilines is 1. The van der Waals surface area contributed by atoms with Crippen molar-refractivity contribution in [3.05, 3.63) is 63.7 Å². The first-order valence-corrected chi connectivity index (χ1v) is 8.00. The first-order chi connectivity index (χ1) is 10.5. The number of aromatic nitrogens is 1. The molecule has 0 aliphatic heterocycles. The van der Waals surface area contributed by atoms with Gasteiger partial charge in [0.15, 0.2) is 0 Å². The van der Waals surface area contributed by atoms with Crippen molar-refractivity contribution in [2.75, 3.05) is 5.32 Å². The lowest BCUT2D eigenvalue weighted by atomic mass is 10.2. The number of fused-ring (bicyclic) bond motifs is 1. The lowest BCUT2D eigenvalue weighted by Crippen LogP contribution is -2.18. The van der Waals surface area contributed by atoms with E-state index in [9.17, 15) is 4.79 Å². The topological polar surface area (TPSA) is 34.0 Å². The number of rotatable bonds is 3. The molecule has 3 nitrogen and oxygen atoms in total. The Kier molecular flexibility index (Phi) is 4.23. The number of halogens is 2. The maximum absolute atomic E-state index is 12.3. The average Bonchev–Trinajstić information content (AvgIpc) is 2.84. The fourth-order valence-electron chi connectivity index (χ4n) is 2.42. The Labute approximate surface area is 142 Å². The van der Waals surface area contributed by atoms with E-state index in [1.54, 1.807) is 6.07 Å². The summed E-state index contributed by atoms with van der Waals surface area (Å²) in [5.74, 6) is -0.0640. The minimum Gasteiger partial charge on any atom is -0.338 e. The Bertz CT molecular complexity index is 857. The number of benzene rings is 2. The van der Waals surface area contributed by atoms with Crippen molar-refractivity contribution in [3.63, 3.8) is 0 Å². The van der Waals surface area contributed by atoms with Crippen LogP contribution in [0.3, 0.4) is 0 Å². The summed E-state index contributed by atoms with van der Waals surface area (Å²) in [4.78, 5) is 12.3. The Hall–Kier alpha value is -1.78. The van der Waals surface area contributed by atoms with Crippen molar-refractivity contribution in [2.24, 2.45) is 0 Å². The van der Waals surface area contributed by atoms with Crippen LogP contribution in [0.25, 0.3) is 10.9 Å². The van der Waals surface area contributed by atoms with Gasteiger partial charge in [0.25, 0.3) is 0 Å². The minimum atomic E-state index is -0.0640. The summed E-state index contributed by atoms with van der Waals surface area (Å²) < 4.78 is 2.96. The van der Waals surface area contributed by atoms with E-state index in [2.05, 4.69) is 21.2 Å². The predicted octanol–water partition coefficient (Wildman–Crippen LogP) is 5.00. The van der Waals surface area contributed by atoms with Crippen molar-refractivity contribution in [2.45, 2.75) is 13.5 Å². The molecule has 22 heavy (non-hydrogen) atoms. The molecule has 0 atom stereocenters. The van der Waals surface area contributed by atoms with Gasteiger partial charge in [-0.25, -0.2) is 0 Å². The number of hydrogen-bond donors (Lipinski definition) is 1. The number of carbonyl (C=O) groups is 1. The highest BCUT2D eigenvalue weighted by molar-refractivity contribution is 9.10. The lowest BCUT2D eigenvalue weighted by Gasteiger charge is -2.10. The van der Waals surface area contributed by atoms with E-state index in [4.69, 9.17) is 11.6 Å². The van der Waals surface area contributed by atoms with Gasteiger partial charge in [-0.05, 0) is 55.0 Å². The Balaban J connectivity index is 1.78. The van der Waals surface area contributed by atoms with Crippen molar-refractivity contribution in [1.29, 1.82) is 0 Å². The van der Waals surface area contributed by atoms with E-state index in [1.165, 1.54) is 0 Å². The summed E-state index contributed by atoms with van der Waals surface area (Å²) in [6, 6.07) is 13.4. The standard InChI is InChI=1S/C17H14BrClN2O/c1-11-8-14(19)3-4-15(11)20-17(22)10-21-7-6-12-9-13(18)2-5-16(12)21/h2-9H,10H2,1H3,(H,20,22). The minimum absolute atomic E-state index is 0.0640. The van der Waals surface area contributed by atoms with E-state index in [-0.39, 0.29) is 12.5 Å². The molecule has 1 heterocycles. The van der Waals surface area contributed by atoms with Gasteiger partial charge in [0, 0.05) is 32.3 Å². The average molecular weight is 378 g/mol. The molecule has 3 rings (SSSR count). The molecule has 0 saturated heterocycles. The van der Waals surface area contributed by atoms with Gasteiger partial charge in [-0.15, -0.1) is 0 Å². The molecular formula is C17H14BrClN2O. The maximum atomic E-state index is 12.3. The Morgan fingerprint density at radius 2 is 2.05 bits per heavy atom. The molecule has 2 aromatic carbocycles. The Morgan fingerprint density at radius 3 is 2.82 bits per heavy atom. The second-order valence-electron chi connectivity index (χ2n) is 5.15. The molecule has 112 valence electrons. The first-order valence-electron chi connectivity index (χ1n) is 6.83. The van der Waals surface area contributed by atoms with Crippen LogP contribution in [0.15, 0.2) is 53.1 Å². The monoisotopic (exact) mass is 376 g/mol. The van der Waals surface area contributed by atoms with Gasteiger partial charge in [0.05, 0.1) is 0 Å². The van der Waals surface area contributed by atoms with E-state index >= 15 is 0 Å². The van der Waals surface area contributed by atoms with Crippen LogP contribution in [-0.2, 0) is 11.3 Å². The highest BCUT2D eigenvalue weighted by Gasteiger charge is 2.08. The third-order valence-corrected chi connectivity index (χ3v) is 4.24. The van der Waals surface area contributed by atoms with Crippen LogP contribution in [-0.4, -0.2) is 10.5 Å². The zero-order valence-corrected chi connectivity index (χ0v) is 14.3. The number of amides is 1. The fourth-order valence-corrected chi connectivity index (χ4v) is 3.03. The molecule has 3 aromatic rings. The van der Waals surface area contributed by atoms with E-state index in [0.717, 1.165) is 26.6 Å². The second kappa shape index (κ2) is 6.15. The molecular weight excluding hydrogens is 364 g/mol. The zero-order valence-electron chi connectivity index (χ0n) is 11.9. The van der Waals surface area contributed by atoms with E-state index in [1.807, 2.05) is 54.1 Å². The SMILES string of the molecule is Cc1cc(Cl)ccc1NC(=O)Cn1ccc2cc(Br)ccc21. The largest absolute Gasteiger partial charge is 0.338 e. The van der Waals surface area contributed by atoms with Gasteiger partial charge in [-0.2, -0.15) is 0 Å². The molecule has 0 saturated carbocycles. The molecule has 0 bridgehead atoms. The predicted molar refractivity (Wildman–Crippen MR) is 94.5 cm³/mol. The smallest absolute Gasteiger partial charge is 0.244 e. The zero-order chi connectivity index (χ0) is 15.7. The van der Waals surface area contributed by atoms with Crippen molar-refractivity contribution >= 4 is 50.0 Å². The number of aryl methyl sites for hydroxylation is 1. The summed E-state index contributed by atoms with van der Waals surface area (Å²) >= 11 is 9.38. The molecule has 1 amide bonds. The van der Waals surface area contributed by atoms with Crippen molar-refractivity contribution in [1.82, 2.24) is 4.57 Å². The molecule has 0 aliphatic carbocycles. The Morgan fingerprint density at radius 1 is 1.23 bits per heavy atom. The highest BCUT2D eigenvalue weighted by atomic mass is 79.9. The first kappa shape index (κ1) is 15.1. The van der Waals surface area contributed by atoms with Gasteiger partial charge in [-0.1, -0.05) is 27.5 Å². The van der Waals surface area contributed by atoms with Crippen LogP contribution in [0.5, 0.6) is 0 Å². The fraction of sp³-hybridized carbons (Fsp3) is 0.118. The lowest BCUT2D eigenvalue weighted by molar-refractivity contribution is -0.116. The van der Waals surface area contributed by atoms with Crippen molar-refractivity contribution in [3.8, 4) is 0 Å². The number of carbonyl (C=O) groups excluding carboxylic acids is 1. The van der Waals surface area contributed by atoms with Gasteiger partial charge < -0.3 is 9.88 Å². The molecule has 0 radical (unpaired) electrons. The van der Waals surface area contributed by atoms with E-state index in [0.29, 0.717) is 5.02 Å². The summed E-state index contributed by atoms with van der Waals surface area (Å²) in [7, 11) is 0. The third-order valence-electron chi connectivity index (χ3n) is 3.51. The van der Waals surface area contributed by atoms with Crippen LogP contribution in [0.1, 0.15) is 5.56 Å². The molecule has 5 heteroatoms. The molecule has 1 N–H and O–H groups in total.